The zero-order valence-corrected chi connectivity index (χ0v) is 4.72. The molecule has 0 bridgehead atoms. The number of carbonyl (C=O) groups is 2. The second-order valence-corrected chi connectivity index (χ2v) is 1.55. The molecule has 0 spiro atoms. The Morgan fingerprint density at radius 3 is 1.60 bits per heavy atom. The summed E-state index contributed by atoms with van der Waals surface area (Å²) < 4.78 is 0. The van der Waals surface area contributed by atoms with E-state index < -0.39 is 24.1 Å². The highest BCUT2D eigenvalue weighted by Crippen LogP contribution is 1.93. The van der Waals surface area contributed by atoms with Gasteiger partial charge < -0.3 is 15.3 Å². The van der Waals surface area contributed by atoms with Crippen LogP contribution in [0.5, 0.6) is 0 Å². The highest BCUT2D eigenvalue weighted by Gasteiger charge is 2.30. The van der Waals surface area contributed by atoms with E-state index in [4.69, 9.17) is 15.3 Å². The predicted octanol–water partition coefficient (Wildman–Crippen LogP) is -2.25. The third-order valence-corrected chi connectivity index (χ3v) is 0.794. The molecule has 0 unspecified atom stereocenters. The van der Waals surface area contributed by atoms with Gasteiger partial charge in [-0.15, -0.1) is 0 Å². The Kier molecular flexibility index (Phi) is 2.78. The van der Waals surface area contributed by atoms with Crippen molar-refractivity contribution in [2.75, 3.05) is 0 Å². The fourth-order valence-electron chi connectivity index (χ4n) is 0.264. The van der Waals surface area contributed by atoms with Gasteiger partial charge in [0.25, 0.3) is 0 Å². The number of hydrogen-bond donors (Lipinski definition) is 3. The molecule has 0 aromatic carbocycles. The summed E-state index contributed by atoms with van der Waals surface area (Å²) in [7, 11) is 0. The molecule has 1 radical (unpaired) electrons. The van der Waals surface area contributed by atoms with Crippen molar-refractivity contribution < 1.29 is 30.0 Å². The van der Waals surface area contributed by atoms with Crippen molar-refractivity contribution in [1.82, 2.24) is 0 Å². The second kappa shape index (κ2) is 3.14. The first-order chi connectivity index (χ1) is 4.46. The van der Waals surface area contributed by atoms with Gasteiger partial charge in [0.1, 0.15) is 0 Å². The summed E-state index contributed by atoms with van der Waals surface area (Å²) in [4.78, 5) is 19.4. The average Bonchev–Trinajstić information content (AvgIpc) is 1.84. The molecule has 0 heterocycles. The third kappa shape index (κ3) is 2.00. The quantitative estimate of drug-likeness (QED) is 0.419. The highest BCUT2D eigenvalue weighted by atomic mass is 16.4. The lowest BCUT2D eigenvalue weighted by molar-refractivity contribution is -0.169. The fourth-order valence-corrected chi connectivity index (χ4v) is 0.264. The summed E-state index contributed by atoms with van der Waals surface area (Å²) in [5.74, 6) is -3.83. The lowest BCUT2D eigenvalue weighted by Crippen LogP contribution is -2.38. The van der Waals surface area contributed by atoms with Gasteiger partial charge in [-0.2, -0.15) is 0 Å². The minimum Gasteiger partial charge on any atom is -0.479 e. The number of carbonyl (C=O) groups excluding carboxylic acids is 1. The van der Waals surface area contributed by atoms with E-state index in [1.54, 1.807) is 0 Å². The second-order valence-electron chi connectivity index (χ2n) is 1.55. The Bertz CT molecular complexity index is 134. The fraction of sp³-hybridized carbons (Fsp3) is 0.500. The first kappa shape index (κ1) is 8.86. The Morgan fingerprint density at radius 2 is 1.50 bits per heavy atom. The molecular formula is C4H5O6. The van der Waals surface area contributed by atoms with E-state index in [0.717, 1.165) is 0 Å². The average molecular weight is 149 g/mol. The maximum Gasteiger partial charge on any atom is 0.387 e. The topological polar surface area (TPSA) is 115 Å². The normalized spacial score (nSPS) is 15.8. The van der Waals surface area contributed by atoms with Crippen molar-refractivity contribution in [1.29, 1.82) is 0 Å². The van der Waals surface area contributed by atoms with Crippen LogP contribution in [-0.4, -0.2) is 39.5 Å². The molecule has 0 saturated carbocycles. The summed E-state index contributed by atoms with van der Waals surface area (Å²) in [6.45, 7) is 0. The van der Waals surface area contributed by atoms with Crippen LogP contribution in [0.2, 0.25) is 0 Å². The van der Waals surface area contributed by atoms with Crippen LogP contribution in [0.15, 0.2) is 0 Å². The van der Waals surface area contributed by atoms with E-state index in [1.807, 2.05) is 0 Å². The van der Waals surface area contributed by atoms with Gasteiger partial charge in [0.2, 0.25) is 0 Å². The molecule has 6 nitrogen and oxygen atoms in total. The van der Waals surface area contributed by atoms with Crippen molar-refractivity contribution in [3.63, 3.8) is 0 Å². The summed E-state index contributed by atoms with van der Waals surface area (Å²) in [6.07, 6.45) is -4.71. The van der Waals surface area contributed by atoms with Gasteiger partial charge in [-0.1, -0.05) is 0 Å². The van der Waals surface area contributed by atoms with Crippen molar-refractivity contribution in [2.45, 2.75) is 12.2 Å². The van der Waals surface area contributed by atoms with E-state index in [2.05, 4.69) is 0 Å². The number of aliphatic hydroxyl groups is 2. The van der Waals surface area contributed by atoms with Gasteiger partial charge in [0.15, 0.2) is 12.2 Å². The van der Waals surface area contributed by atoms with Crippen molar-refractivity contribution in [2.24, 2.45) is 0 Å². The molecule has 3 N–H and O–H groups in total. The van der Waals surface area contributed by atoms with Crippen LogP contribution in [0.4, 0.5) is 0 Å². The van der Waals surface area contributed by atoms with E-state index >= 15 is 0 Å². The highest BCUT2D eigenvalue weighted by molar-refractivity contribution is 5.82. The number of aliphatic hydroxyl groups excluding tert-OH is 2. The van der Waals surface area contributed by atoms with Gasteiger partial charge >= 0.3 is 11.9 Å². The number of rotatable bonds is 3. The molecule has 0 rings (SSSR count). The number of hydrogen-bond acceptors (Lipinski definition) is 4. The smallest absolute Gasteiger partial charge is 0.387 e. The van der Waals surface area contributed by atoms with Crippen LogP contribution >= 0.6 is 0 Å². The van der Waals surface area contributed by atoms with Crippen LogP contribution in [0, 0.1) is 0 Å². The lowest BCUT2D eigenvalue weighted by atomic mass is 10.2. The molecule has 0 saturated heterocycles. The maximum absolute atomic E-state index is 9.74. The maximum atomic E-state index is 9.74. The van der Waals surface area contributed by atoms with Crippen LogP contribution in [0.1, 0.15) is 0 Å². The van der Waals surface area contributed by atoms with E-state index in [1.165, 1.54) is 0 Å². The largest absolute Gasteiger partial charge is 0.479 e. The Balaban J connectivity index is 4.07. The molecule has 57 valence electrons. The minimum absolute atomic E-state index is 1.81. The Labute approximate surface area is 55.3 Å². The Hall–Kier alpha value is -1.14. The summed E-state index contributed by atoms with van der Waals surface area (Å²) >= 11 is 0. The predicted molar refractivity (Wildman–Crippen MR) is 25.3 cm³/mol. The van der Waals surface area contributed by atoms with E-state index in [9.17, 15) is 14.7 Å². The molecule has 2 atom stereocenters. The Morgan fingerprint density at radius 1 is 1.10 bits per heavy atom. The summed E-state index contributed by atoms with van der Waals surface area (Å²) in [6, 6.07) is 0. The first-order valence-electron chi connectivity index (χ1n) is 2.26. The van der Waals surface area contributed by atoms with Gasteiger partial charge in [0.05, 0.1) is 0 Å². The van der Waals surface area contributed by atoms with Crippen molar-refractivity contribution in [3.8, 4) is 0 Å². The lowest BCUT2D eigenvalue weighted by Gasteiger charge is -2.05. The zero-order chi connectivity index (χ0) is 8.31. The number of carboxylic acids is 1. The summed E-state index contributed by atoms with van der Waals surface area (Å²) in [5.41, 5.74) is 0. The van der Waals surface area contributed by atoms with Crippen LogP contribution in [0.25, 0.3) is 0 Å². The van der Waals surface area contributed by atoms with Crippen LogP contribution in [-0.2, 0) is 14.7 Å². The molecule has 0 aliphatic rings. The van der Waals surface area contributed by atoms with E-state index in [-0.39, 0.29) is 0 Å². The molecule has 10 heavy (non-hydrogen) atoms. The molecule has 0 fully saturated rings. The molecule has 0 aromatic rings. The van der Waals surface area contributed by atoms with Gasteiger partial charge in [-0.25, -0.2) is 14.7 Å². The SMILES string of the molecule is [O]C(=O)[C@@H](O)[C@H](O)C(=O)O. The third-order valence-electron chi connectivity index (χ3n) is 0.794. The van der Waals surface area contributed by atoms with Crippen LogP contribution in [0.3, 0.4) is 0 Å². The van der Waals surface area contributed by atoms with Crippen molar-refractivity contribution in [3.05, 3.63) is 0 Å². The zero-order valence-electron chi connectivity index (χ0n) is 4.72. The minimum atomic E-state index is -2.38. The molecule has 0 aliphatic carbocycles. The molecule has 6 heteroatoms. The van der Waals surface area contributed by atoms with Gasteiger partial charge in [0, 0.05) is 0 Å². The van der Waals surface area contributed by atoms with Crippen molar-refractivity contribution >= 4 is 11.9 Å². The van der Waals surface area contributed by atoms with Gasteiger partial charge in [-0.05, 0) is 0 Å². The molecule has 0 aliphatic heterocycles. The van der Waals surface area contributed by atoms with Crippen LogP contribution < -0.4 is 0 Å². The summed E-state index contributed by atoms with van der Waals surface area (Å²) in [5, 5.41) is 34.1. The monoisotopic (exact) mass is 149 g/mol. The first-order valence-corrected chi connectivity index (χ1v) is 2.26. The molecule has 0 amide bonds. The van der Waals surface area contributed by atoms with E-state index in [0.29, 0.717) is 0 Å². The number of carboxylic acid groups (broad SMARTS) is 1. The molecule has 0 aromatic heterocycles. The molecular weight excluding hydrogens is 144 g/mol. The standard InChI is InChI=1S/C4H5O6/c5-1(3(7)8)2(6)4(9)10/h1-2,5-6H,(H,7,8)/t1-,2-/m0/s1. The van der Waals surface area contributed by atoms with Gasteiger partial charge in [-0.3, -0.25) is 0 Å². The number of aliphatic carboxylic acids is 1.